The third-order valence-electron chi connectivity index (χ3n) is 1.56. The van der Waals surface area contributed by atoms with Gasteiger partial charge in [0.15, 0.2) is 0 Å². The van der Waals surface area contributed by atoms with Crippen LogP contribution in [-0.4, -0.2) is 9.97 Å². The smallest absolute Gasteiger partial charge is 0.138 e. The Morgan fingerprint density at radius 2 is 2.50 bits per heavy atom. The van der Waals surface area contributed by atoms with Crippen molar-refractivity contribution in [3.05, 3.63) is 30.1 Å². The number of aromatic amines is 1. The van der Waals surface area contributed by atoms with Gasteiger partial charge in [-0.25, -0.2) is 4.98 Å². The van der Waals surface area contributed by atoms with E-state index in [1.165, 1.54) is 5.56 Å². The number of pyridine rings is 1. The molecule has 1 radical (unpaired) electrons. The number of nitrogens with one attached hydrogen (secondary N) is 1. The summed E-state index contributed by atoms with van der Waals surface area (Å²) in [7, 11) is 0. The highest BCUT2D eigenvalue weighted by molar-refractivity contribution is 5.78. The zero-order valence-electron chi connectivity index (χ0n) is 5.68. The molecule has 0 aliphatic carbocycles. The minimum Gasteiger partial charge on any atom is -0.346 e. The Balaban J connectivity index is 2.93. The fourth-order valence-corrected chi connectivity index (χ4v) is 1.02. The first-order chi connectivity index (χ1) is 4.88. The van der Waals surface area contributed by atoms with Crippen LogP contribution in [0.3, 0.4) is 0 Å². The molecule has 2 aromatic heterocycles. The highest BCUT2D eigenvalue weighted by Crippen LogP contribution is 2.12. The second-order valence-corrected chi connectivity index (χ2v) is 2.28. The van der Waals surface area contributed by atoms with E-state index in [1.54, 1.807) is 6.20 Å². The summed E-state index contributed by atoms with van der Waals surface area (Å²) in [4.78, 5) is 7.16. The van der Waals surface area contributed by atoms with Crippen LogP contribution in [0.4, 0.5) is 0 Å². The largest absolute Gasteiger partial charge is 0.346 e. The molecule has 0 fully saturated rings. The second-order valence-electron chi connectivity index (χ2n) is 2.28. The Hall–Kier alpha value is -1.31. The summed E-state index contributed by atoms with van der Waals surface area (Å²) >= 11 is 0. The standard InChI is InChI=1S/C8H7N2/c1-6-5-10-8-7(6)3-2-4-9-8/h2,4-5H,1H3,(H,9,10). The van der Waals surface area contributed by atoms with Gasteiger partial charge in [0, 0.05) is 17.8 Å². The number of aromatic nitrogens is 2. The van der Waals surface area contributed by atoms with E-state index in [2.05, 4.69) is 16.0 Å². The molecule has 2 heterocycles. The average molecular weight is 131 g/mol. The molecule has 10 heavy (non-hydrogen) atoms. The lowest BCUT2D eigenvalue weighted by atomic mass is 10.2. The molecule has 0 unspecified atom stereocenters. The van der Waals surface area contributed by atoms with Crippen molar-refractivity contribution in [1.82, 2.24) is 9.97 Å². The predicted octanol–water partition coefficient (Wildman–Crippen LogP) is 1.67. The van der Waals surface area contributed by atoms with Crippen molar-refractivity contribution < 1.29 is 0 Å². The lowest BCUT2D eigenvalue weighted by Crippen LogP contribution is -1.72. The second kappa shape index (κ2) is 1.84. The van der Waals surface area contributed by atoms with Crippen LogP contribution in [0.1, 0.15) is 5.56 Å². The maximum atomic E-state index is 4.12. The summed E-state index contributed by atoms with van der Waals surface area (Å²) in [5.74, 6) is 0. The van der Waals surface area contributed by atoms with Gasteiger partial charge >= 0.3 is 0 Å². The van der Waals surface area contributed by atoms with Gasteiger partial charge in [0.1, 0.15) is 5.65 Å². The van der Waals surface area contributed by atoms with Gasteiger partial charge in [-0.05, 0) is 24.6 Å². The van der Waals surface area contributed by atoms with Crippen molar-refractivity contribution in [3.63, 3.8) is 0 Å². The fourth-order valence-electron chi connectivity index (χ4n) is 1.02. The van der Waals surface area contributed by atoms with Crippen molar-refractivity contribution in [3.8, 4) is 0 Å². The maximum Gasteiger partial charge on any atom is 0.138 e. The highest BCUT2D eigenvalue weighted by atomic mass is 14.8. The lowest BCUT2D eigenvalue weighted by molar-refractivity contribution is 1.32. The van der Waals surface area contributed by atoms with Crippen LogP contribution >= 0.6 is 0 Å². The Bertz CT molecular complexity index is 349. The third-order valence-corrected chi connectivity index (χ3v) is 1.56. The number of nitrogens with zero attached hydrogens (tertiary/aromatic N) is 1. The predicted molar refractivity (Wildman–Crippen MR) is 39.7 cm³/mol. The molecule has 2 heteroatoms. The van der Waals surface area contributed by atoms with Gasteiger partial charge in [-0.15, -0.1) is 0 Å². The molecule has 1 N–H and O–H groups in total. The van der Waals surface area contributed by atoms with Gasteiger partial charge < -0.3 is 4.98 Å². The van der Waals surface area contributed by atoms with Gasteiger partial charge in [-0.1, -0.05) is 0 Å². The van der Waals surface area contributed by atoms with Crippen molar-refractivity contribution in [2.45, 2.75) is 6.92 Å². The molecule has 0 bridgehead atoms. The summed E-state index contributed by atoms with van der Waals surface area (Å²) in [6.45, 7) is 2.04. The van der Waals surface area contributed by atoms with Gasteiger partial charge in [0.2, 0.25) is 0 Å². The monoisotopic (exact) mass is 131 g/mol. The van der Waals surface area contributed by atoms with Crippen molar-refractivity contribution in [2.75, 3.05) is 0 Å². The molecule has 2 aromatic rings. The van der Waals surface area contributed by atoms with Crippen LogP contribution in [0, 0.1) is 13.0 Å². The van der Waals surface area contributed by atoms with E-state index < -0.39 is 0 Å². The number of fused-ring (bicyclic) bond motifs is 1. The number of H-pyrrole nitrogens is 1. The lowest BCUT2D eigenvalue weighted by Gasteiger charge is -1.85. The van der Waals surface area contributed by atoms with Crippen LogP contribution in [0.5, 0.6) is 0 Å². The zero-order chi connectivity index (χ0) is 6.97. The van der Waals surface area contributed by atoms with E-state index in [0.717, 1.165) is 11.0 Å². The quantitative estimate of drug-likeness (QED) is 0.578. The Labute approximate surface area is 58.9 Å². The molecule has 2 rings (SSSR count). The molecule has 0 saturated carbocycles. The first-order valence-corrected chi connectivity index (χ1v) is 3.18. The molecule has 0 atom stereocenters. The normalized spacial score (nSPS) is 10.5. The molecule has 0 saturated heterocycles. The maximum absolute atomic E-state index is 4.12. The van der Waals surface area contributed by atoms with Crippen LogP contribution in [0.25, 0.3) is 11.0 Å². The summed E-state index contributed by atoms with van der Waals surface area (Å²) in [5.41, 5.74) is 2.11. The first kappa shape index (κ1) is 5.47. The minimum absolute atomic E-state index is 0.917. The molecule has 0 aromatic carbocycles. The molecule has 0 aliphatic heterocycles. The van der Waals surface area contributed by atoms with Crippen LogP contribution < -0.4 is 0 Å². The van der Waals surface area contributed by atoms with E-state index in [4.69, 9.17) is 0 Å². The van der Waals surface area contributed by atoms with Crippen molar-refractivity contribution >= 4 is 11.0 Å². The Kier molecular flexibility index (Phi) is 1.01. The van der Waals surface area contributed by atoms with Gasteiger partial charge in [-0.2, -0.15) is 0 Å². The van der Waals surface area contributed by atoms with Gasteiger partial charge in [0.25, 0.3) is 0 Å². The molecule has 0 aliphatic rings. The fraction of sp³-hybridized carbons (Fsp3) is 0.125. The van der Waals surface area contributed by atoms with E-state index >= 15 is 0 Å². The minimum atomic E-state index is 0.917. The molecule has 2 nitrogen and oxygen atoms in total. The number of hydrogen-bond acceptors (Lipinski definition) is 1. The SMILES string of the molecule is Cc1c[nH]c2ncc[c]c12. The van der Waals surface area contributed by atoms with Gasteiger partial charge in [0.05, 0.1) is 0 Å². The topological polar surface area (TPSA) is 28.7 Å². The van der Waals surface area contributed by atoms with E-state index in [0.29, 0.717) is 0 Å². The van der Waals surface area contributed by atoms with E-state index in [1.807, 2.05) is 19.2 Å². The zero-order valence-corrected chi connectivity index (χ0v) is 5.68. The molecule has 0 spiro atoms. The number of rotatable bonds is 0. The highest BCUT2D eigenvalue weighted by Gasteiger charge is 1.96. The first-order valence-electron chi connectivity index (χ1n) is 3.18. The molecular weight excluding hydrogens is 124 g/mol. The van der Waals surface area contributed by atoms with Gasteiger partial charge in [-0.3, -0.25) is 0 Å². The van der Waals surface area contributed by atoms with E-state index in [-0.39, 0.29) is 0 Å². The van der Waals surface area contributed by atoms with Crippen molar-refractivity contribution in [1.29, 1.82) is 0 Å². The molecule has 0 amide bonds. The van der Waals surface area contributed by atoms with Crippen molar-refractivity contribution in [2.24, 2.45) is 0 Å². The van der Waals surface area contributed by atoms with Crippen LogP contribution in [-0.2, 0) is 0 Å². The molecule has 49 valence electrons. The summed E-state index contributed by atoms with van der Waals surface area (Å²) in [5, 5.41) is 1.09. The van der Waals surface area contributed by atoms with Crippen LogP contribution in [0.2, 0.25) is 0 Å². The summed E-state index contributed by atoms with van der Waals surface area (Å²) < 4.78 is 0. The number of aryl methyl sites for hydroxylation is 1. The van der Waals surface area contributed by atoms with Crippen LogP contribution in [0.15, 0.2) is 18.5 Å². The summed E-state index contributed by atoms with van der Waals surface area (Å²) in [6.07, 6.45) is 3.67. The Morgan fingerprint density at radius 3 is 3.30 bits per heavy atom. The molecular formula is C8H7N2. The summed E-state index contributed by atoms with van der Waals surface area (Å²) in [6, 6.07) is 4.93. The Morgan fingerprint density at radius 1 is 1.60 bits per heavy atom. The van der Waals surface area contributed by atoms with E-state index in [9.17, 15) is 0 Å². The average Bonchev–Trinajstić information content (AvgIpc) is 2.34. The number of hydrogen-bond donors (Lipinski definition) is 1. The third kappa shape index (κ3) is 0.620.